The van der Waals surface area contributed by atoms with E-state index in [1.807, 2.05) is 20.2 Å². The van der Waals surface area contributed by atoms with Crippen LogP contribution in [0.5, 0.6) is 0 Å². The maximum Gasteiger partial charge on any atom is 0.274 e. The third-order valence-electron chi connectivity index (χ3n) is 3.97. The van der Waals surface area contributed by atoms with E-state index in [0.717, 1.165) is 11.3 Å². The minimum Gasteiger partial charge on any atom is -0.391 e. The van der Waals surface area contributed by atoms with Crippen LogP contribution in [-0.2, 0) is 13.5 Å². The van der Waals surface area contributed by atoms with E-state index < -0.39 is 6.10 Å². The summed E-state index contributed by atoms with van der Waals surface area (Å²) in [5.41, 5.74) is 2.09. The van der Waals surface area contributed by atoms with Crippen LogP contribution in [0.25, 0.3) is 0 Å². The van der Waals surface area contributed by atoms with Gasteiger partial charge in [0.1, 0.15) is 5.69 Å². The number of amides is 1. The van der Waals surface area contributed by atoms with Gasteiger partial charge in [0.15, 0.2) is 0 Å². The normalized spacial score (nSPS) is 21.3. The van der Waals surface area contributed by atoms with Gasteiger partial charge >= 0.3 is 0 Å². The standard InChI is InChI=1S/C15H19N5O2/c1-10-6-17-12(8-16-10)15(22)20-4-3-14(21)13(20)5-11-7-18-19(2)9-11/h6-9,13-14,21H,3-5H2,1-2H3/t13-,14-/m1/s1. The first kappa shape index (κ1) is 14.6. The number of aryl methyl sites for hydroxylation is 2. The Morgan fingerprint density at radius 3 is 2.82 bits per heavy atom. The Hall–Kier alpha value is -2.28. The lowest BCUT2D eigenvalue weighted by Gasteiger charge is -2.25. The molecule has 0 unspecified atom stereocenters. The lowest BCUT2D eigenvalue weighted by Crippen LogP contribution is -2.41. The molecule has 3 rings (SSSR count). The number of likely N-dealkylation sites (tertiary alicyclic amines) is 1. The topological polar surface area (TPSA) is 84.1 Å². The molecule has 1 saturated heterocycles. The second-order valence-corrected chi connectivity index (χ2v) is 5.69. The van der Waals surface area contributed by atoms with E-state index in [0.29, 0.717) is 25.1 Å². The summed E-state index contributed by atoms with van der Waals surface area (Å²) in [5.74, 6) is -0.182. The van der Waals surface area contributed by atoms with Gasteiger partial charge in [-0.15, -0.1) is 0 Å². The fourth-order valence-electron chi connectivity index (χ4n) is 2.80. The number of hydrogen-bond acceptors (Lipinski definition) is 5. The molecule has 0 aromatic carbocycles. The molecule has 0 aliphatic carbocycles. The minimum absolute atomic E-state index is 0.182. The molecule has 1 fully saturated rings. The van der Waals surface area contributed by atoms with Gasteiger partial charge in [0.05, 0.1) is 30.2 Å². The van der Waals surface area contributed by atoms with Gasteiger partial charge in [-0.1, -0.05) is 0 Å². The van der Waals surface area contributed by atoms with E-state index in [1.54, 1.807) is 22.0 Å². The highest BCUT2D eigenvalue weighted by atomic mass is 16.3. The zero-order valence-electron chi connectivity index (χ0n) is 12.7. The van der Waals surface area contributed by atoms with Crippen LogP contribution in [0.1, 0.15) is 28.2 Å². The molecule has 116 valence electrons. The van der Waals surface area contributed by atoms with Gasteiger partial charge in [0.25, 0.3) is 5.91 Å². The van der Waals surface area contributed by atoms with E-state index >= 15 is 0 Å². The predicted octanol–water partition coefficient (Wildman–Crippen LogP) is 0.337. The average Bonchev–Trinajstić information content (AvgIpc) is 3.07. The Morgan fingerprint density at radius 2 is 2.18 bits per heavy atom. The summed E-state index contributed by atoms with van der Waals surface area (Å²) < 4.78 is 1.72. The lowest BCUT2D eigenvalue weighted by atomic mass is 10.0. The molecule has 7 nitrogen and oxygen atoms in total. The second kappa shape index (κ2) is 5.84. The number of carbonyl (C=O) groups excluding carboxylic acids is 1. The second-order valence-electron chi connectivity index (χ2n) is 5.69. The number of hydrogen-bond donors (Lipinski definition) is 1. The molecule has 22 heavy (non-hydrogen) atoms. The van der Waals surface area contributed by atoms with Gasteiger partial charge in [-0.2, -0.15) is 5.10 Å². The molecule has 2 aromatic rings. The summed E-state index contributed by atoms with van der Waals surface area (Å²) in [6, 6.07) is -0.250. The molecule has 0 spiro atoms. The van der Waals surface area contributed by atoms with Crippen molar-refractivity contribution in [3.8, 4) is 0 Å². The summed E-state index contributed by atoms with van der Waals surface area (Å²) >= 11 is 0. The van der Waals surface area contributed by atoms with E-state index in [9.17, 15) is 9.90 Å². The largest absolute Gasteiger partial charge is 0.391 e. The summed E-state index contributed by atoms with van der Waals surface area (Å²) in [7, 11) is 1.85. The average molecular weight is 301 g/mol. The zero-order valence-corrected chi connectivity index (χ0v) is 12.7. The van der Waals surface area contributed by atoms with Crippen molar-refractivity contribution in [2.24, 2.45) is 7.05 Å². The quantitative estimate of drug-likeness (QED) is 0.883. The van der Waals surface area contributed by atoms with Crippen molar-refractivity contribution in [3.63, 3.8) is 0 Å². The number of rotatable bonds is 3. The fourth-order valence-corrected chi connectivity index (χ4v) is 2.80. The van der Waals surface area contributed by atoms with Gasteiger partial charge in [-0.25, -0.2) is 4.98 Å². The first-order valence-electron chi connectivity index (χ1n) is 7.30. The molecule has 1 aliphatic rings. The van der Waals surface area contributed by atoms with Crippen molar-refractivity contribution in [3.05, 3.63) is 41.7 Å². The highest BCUT2D eigenvalue weighted by Gasteiger charge is 2.37. The van der Waals surface area contributed by atoms with Crippen molar-refractivity contribution in [2.75, 3.05) is 6.54 Å². The Labute approximate surface area is 128 Å². The molecular formula is C15H19N5O2. The number of aliphatic hydroxyl groups is 1. The fraction of sp³-hybridized carbons (Fsp3) is 0.467. The molecule has 0 bridgehead atoms. The van der Waals surface area contributed by atoms with Crippen molar-refractivity contribution in [1.82, 2.24) is 24.6 Å². The lowest BCUT2D eigenvalue weighted by molar-refractivity contribution is 0.0634. The monoisotopic (exact) mass is 301 g/mol. The van der Waals surface area contributed by atoms with Crippen LogP contribution in [0.4, 0.5) is 0 Å². The van der Waals surface area contributed by atoms with Crippen LogP contribution in [0, 0.1) is 6.92 Å². The predicted molar refractivity (Wildman–Crippen MR) is 79.1 cm³/mol. The van der Waals surface area contributed by atoms with E-state index in [-0.39, 0.29) is 11.9 Å². The van der Waals surface area contributed by atoms with Gasteiger partial charge in [-0.05, 0) is 25.3 Å². The molecule has 1 aliphatic heterocycles. The van der Waals surface area contributed by atoms with Gasteiger partial charge in [0.2, 0.25) is 0 Å². The molecule has 1 amide bonds. The Kier molecular flexibility index (Phi) is 3.89. The number of aliphatic hydroxyl groups excluding tert-OH is 1. The number of aromatic nitrogens is 4. The van der Waals surface area contributed by atoms with Crippen molar-refractivity contribution in [2.45, 2.75) is 31.9 Å². The molecule has 0 saturated carbocycles. The van der Waals surface area contributed by atoms with Crippen molar-refractivity contribution in [1.29, 1.82) is 0 Å². The third kappa shape index (κ3) is 2.85. The molecular weight excluding hydrogens is 282 g/mol. The first-order chi connectivity index (χ1) is 10.5. The number of carbonyl (C=O) groups is 1. The molecule has 1 N–H and O–H groups in total. The Bertz CT molecular complexity index is 667. The van der Waals surface area contributed by atoms with Crippen LogP contribution >= 0.6 is 0 Å². The highest BCUT2D eigenvalue weighted by Crippen LogP contribution is 2.23. The van der Waals surface area contributed by atoms with Crippen molar-refractivity contribution < 1.29 is 9.90 Å². The van der Waals surface area contributed by atoms with Crippen LogP contribution in [0.15, 0.2) is 24.8 Å². The molecule has 7 heteroatoms. The minimum atomic E-state index is -0.525. The Balaban J connectivity index is 1.79. The van der Waals surface area contributed by atoms with E-state index in [2.05, 4.69) is 15.1 Å². The summed E-state index contributed by atoms with van der Waals surface area (Å²) in [5, 5.41) is 14.3. The van der Waals surface area contributed by atoms with Crippen molar-refractivity contribution >= 4 is 5.91 Å². The van der Waals surface area contributed by atoms with E-state index in [1.165, 1.54) is 6.20 Å². The highest BCUT2D eigenvalue weighted by molar-refractivity contribution is 5.92. The molecule has 3 heterocycles. The van der Waals surface area contributed by atoms with Gasteiger partial charge < -0.3 is 10.0 Å². The van der Waals surface area contributed by atoms with Gasteiger partial charge in [-0.3, -0.25) is 14.5 Å². The van der Waals surface area contributed by atoms with Crippen LogP contribution in [0.3, 0.4) is 0 Å². The SMILES string of the molecule is Cc1cnc(C(=O)N2CC[C@@H](O)[C@H]2Cc2cnn(C)c2)cn1. The van der Waals surface area contributed by atoms with E-state index in [4.69, 9.17) is 0 Å². The third-order valence-corrected chi connectivity index (χ3v) is 3.97. The Morgan fingerprint density at radius 1 is 1.36 bits per heavy atom. The molecule has 2 atom stereocenters. The zero-order chi connectivity index (χ0) is 15.7. The first-order valence-corrected chi connectivity index (χ1v) is 7.30. The summed E-state index contributed by atoms with van der Waals surface area (Å²) in [6.07, 6.45) is 7.37. The van der Waals surface area contributed by atoms with Crippen LogP contribution in [0.2, 0.25) is 0 Å². The maximum atomic E-state index is 12.6. The van der Waals surface area contributed by atoms with Crippen LogP contribution < -0.4 is 0 Å². The maximum absolute atomic E-state index is 12.6. The van der Waals surface area contributed by atoms with Gasteiger partial charge in [0, 0.05) is 26.0 Å². The molecule has 2 aromatic heterocycles. The number of nitrogens with zero attached hydrogens (tertiary/aromatic N) is 5. The summed E-state index contributed by atoms with van der Waals surface area (Å²) in [6.45, 7) is 2.35. The summed E-state index contributed by atoms with van der Waals surface area (Å²) in [4.78, 5) is 22.6. The smallest absolute Gasteiger partial charge is 0.274 e. The van der Waals surface area contributed by atoms with Crippen LogP contribution in [-0.4, -0.2) is 54.4 Å². The molecule has 0 radical (unpaired) electrons.